The lowest BCUT2D eigenvalue weighted by molar-refractivity contribution is -0.386. The molecule has 7 nitrogen and oxygen atoms in total. The molecule has 0 amide bonds. The van der Waals surface area contributed by atoms with Crippen LogP contribution in [0.25, 0.3) is 0 Å². The van der Waals surface area contributed by atoms with Gasteiger partial charge in [-0.25, -0.2) is 8.42 Å². The summed E-state index contributed by atoms with van der Waals surface area (Å²) in [6.45, 7) is 1.81. The van der Waals surface area contributed by atoms with Gasteiger partial charge < -0.3 is 5.73 Å². The topological polar surface area (TPSA) is 115 Å². The van der Waals surface area contributed by atoms with Crippen molar-refractivity contribution in [1.29, 1.82) is 0 Å². The minimum absolute atomic E-state index is 0.202. The Hall–Kier alpha value is -2.61. The molecule has 2 aromatic carbocycles. The molecule has 0 spiro atoms. The summed E-state index contributed by atoms with van der Waals surface area (Å²) >= 11 is 0. The molecule has 0 radical (unpaired) electrons. The van der Waals surface area contributed by atoms with E-state index in [1.807, 2.05) is 0 Å². The highest BCUT2D eigenvalue weighted by Gasteiger charge is 2.28. The van der Waals surface area contributed by atoms with E-state index in [1.165, 1.54) is 12.1 Å². The highest BCUT2D eigenvalue weighted by atomic mass is 32.2. The van der Waals surface area contributed by atoms with Crippen molar-refractivity contribution in [2.75, 3.05) is 10.5 Å². The molecule has 21 heavy (non-hydrogen) atoms. The maximum absolute atomic E-state index is 12.3. The number of sulfonamides is 1. The molecule has 8 heteroatoms. The molecule has 3 N–H and O–H groups in total. The first-order chi connectivity index (χ1) is 9.81. The molecule has 2 rings (SSSR count). The van der Waals surface area contributed by atoms with Crippen molar-refractivity contribution in [1.82, 2.24) is 0 Å². The summed E-state index contributed by atoms with van der Waals surface area (Å²) in [4.78, 5) is 9.76. The number of nitrogens with zero attached hydrogens (tertiary/aromatic N) is 1. The molecule has 0 unspecified atom stereocenters. The Bertz CT molecular complexity index is 803. The van der Waals surface area contributed by atoms with Crippen LogP contribution in [-0.2, 0) is 10.0 Å². The molecular formula is C13H13N3O4S. The zero-order valence-electron chi connectivity index (χ0n) is 11.1. The number of nitro groups is 1. The second-order valence-corrected chi connectivity index (χ2v) is 6.08. The minimum Gasteiger partial charge on any atom is -0.393 e. The van der Waals surface area contributed by atoms with E-state index in [2.05, 4.69) is 4.72 Å². The number of para-hydroxylation sites is 1. The number of benzene rings is 2. The average Bonchev–Trinajstić information content (AvgIpc) is 2.37. The normalized spacial score (nSPS) is 11.1. The standard InChI is InChI=1S/C13H13N3O4S/c1-9-4-2-5-10(8-9)15-21(19,20)12-7-3-6-11(14)13(12)16(17)18/h2-8,15H,14H2,1H3. The Morgan fingerprint density at radius 2 is 1.86 bits per heavy atom. The number of nitrogens with two attached hydrogens (primary N) is 1. The van der Waals surface area contributed by atoms with E-state index in [1.54, 1.807) is 31.2 Å². The van der Waals surface area contributed by atoms with Crippen LogP contribution in [0, 0.1) is 17.0 Å². The van der Waals surface area contributed by atoms with Crippen LogP contribution in [0.1, 0.15) is 5.56 Å². The zero-order valence-corrected chi connectivity index (χ0v) is 11.9. The van der Waals surface area contributed by atoms with Crippen molar-refractivity contribution in [3.63, 3.8) is 0 Å². The molecule has 0 aliphatic rings. The Balaban J connectivity index is 2.50. The summed E-state index contributed by atoms with van der Waals surface area (Å²) in [7, 11) is -4.10. The Morgan fingerprint density at radius 1 is 1.19 bits per heavy atom. The first-order valence-electron chi connectivity index (χ1n) is 5.93. The van der Waals surface area contributed by atoms with Gasteiger partial charge in [0.05, 0.1) is 4.92 Å². The van der Waals surface area contributed by atoms with E-state index < -0.39 is 25.5 Å². The Morgan fingerprint density at radius 3 is 2.48 bits per heavy atom. The molecule has 0 aromatic heterocycles. The summed E-state index contributed by atoms with van der Waals surface area (Å²) in [5.41, 5.74) is 5.86. The molecule has 0 bridgehead atoms. The van der Waals surface area contributed by atoms with Gasteiger partial charge in [0.25, 0.3) is 10.0 Å². The van der Waals surface area contributed by atoms with Crippen LogP contribution in [0.3, 0.4) is 0 Å². The summed E-state index contributed by atoms with van der Waals surface area (Å²) in [6.07, 6.45) is 0. The lowest BCUT2D eigenvalue weighted by Gasteiger charge is -2.09. The highest BCUT2D eigenvalue weighted by molar-refractivity contribution is 7.92. The fourth-order valence-corrected chi connectivity index (χ4v) is 3.12. The number of anilines is 2. The summed E-state index contributed by atoms with van der Waals surface area (Å²) in [5.74, 6) is 0. The van der Waals surface area contributed by atoms with Gasteiger partial charge in [0, 0.05) is 5.69 Å². The van der Waals surface area contributed by atoms with Crippen LogP contribution in [0.2, 0.25) is 0 Å². The van der Waals surface area contributed by atoms with Gasteiger partial charge in [-0.1, -0.05) is 18.2 Å². The molecule has 0 aliphatic heterocycles. The molecule has 0 saturated carbocycles. The molecule has 110 valence electrons. The first kappa shape index (κ1) is 14.8. The second-order valence-electron chi connectivity index (χ2n) is 4.43. The summed E-state index contributed by atoms with van der Waals surface area (Å²) < 4.78 is 26.9. The molecule has 0 saturated heterocycles. The van der Waals surface area contributed by atoms with Gasteiger partial charge >= 0.3 is 5.69 Å². The number of nitro benzene ring substituents is 1. The molecule has 2 aromatic rings. The van der Waals surface area contributed by atoms with Gasteiger partial charge in [0.15, 0.2) is 4.90 Å². The number of nitrogen functional groups attached to an aromatic ring is 1. The number of hydrogen-bond acceptors (Lipinski definition) is 5. The Kier molecular flexibility index (Phi) is 3.81. The van der Waals surface area contributed by atoms with E-state index in [4.69, 9.17) is 5.73 Å². The van der Waals surface area contributed by atoms with Gasteiger partial charge in [0.1, 0.15) is 5.69 Å². The van der Waals surface area contributed by atoms with Crippen LogP contribution in [0.4, 0.5) is 17.1 Å². The number of aryl methyl sites for hydroxylation is 1. The molecule has 0 atom stereocenters. The highest BCUT2D eigenvalue weighted by Crippen LogP contribution is 2.30. The SMILES string of the molecule is Cc1cccc(NS(=O)(=O)c2cccc(N)c2[N+](=O)[O-])c1. The van der Waals surface area contributed by atoms with Crippen LogP contribution < -0.4 is 10.5 Å². The van der Waals surface area contributed by atoms with Gasteiger partial charge in [-0.3, -0.25) is 14.8 Å². The van der Waals surface area contributed by atoms with E-state index in [9.17, 15) is 18.5 Å². The zero-order chi connectivity index (χ0) is 15.6. The molecule has 0 heterocycles. The fraction of sp³-hybridized carbons (Fsp3) is 0.0769. The Labute approximate surface area is 121 Å². The lowest BCUT2D eigenvalue weighted by Crippen LogP contribution is -2.15. The molecule has 0 aliphatic carbocycles. The van der Waals surface area contributed by atoms with Crippen molar-refractivity contribution in [2.45, 2.75) is 11.8 Å². The number of hydrogen-bond donors (Lipinski definition) is 2. The van der Waals surface area contributed by atoms with Crippen LogP contribution in [-0.4, -0.2) is 13.3 Å². The predicted octanol–water partition coefficient (Wildman–Crippen LogP) is 2.29. The van der Waals surface area contributed by atoms with E-state index >= 15 is 0 Å². The van der Waals surface area contributed by atoms with E-state index in [-0.39, 0.29) is 5.69 Å². The van der Waals surface area contributed by atoms with Crippen LogP contribution in [0.15, 0.2) is 47.4 Å². The fourth-order valence-electron chi connectivity index (χ4n) is 1.87. The first-order valence-corrected chi connectivity index (χ1v) is 7.42. The van der Waals surface area contributed by atoms with E-state index in [0.717, 1.165) is 11.6 Å². The van der Waals surface area contributed by atoms with Crippen molar-refractivity contribution in [2.24, 2.45) is 0 Å². The predicted molar refractivity (Wildman–Crippen MR) is 79.5 cm³/mol. The second kappa shape index (κ2) is 5.41. The summed E-state index contributed by atoms with van der Waals surface area (Å²) in [6, 6.07) is 10.4. The third-order valence-electron chi connectivity index (χ3n) is 2.77. The largest absolute Gasteiger partial charge is 0.393 e. The maximum Gasteiger partial charge on any atom is 0.312 e. The van der Waals surface area contributed by atoms with E-state index in [0.29, 0.717) is 5.69 Å². The monoisotopic (exact) mass is 307 g/mol. The van der Waals surface area contributed by atoms with Gasteiger partial charge in [-0.15, -0.1) is 0 Å². The van der Waals surface area contributed by atoms with Crippen LogP contribution >= 0.6 is 0 Å². The maximum atomic E-state index is 12.3. The quantitative estimate of drug-likeness (QED) is 0.511. The average molecular weight is 307 g/mol. The number of rotatable bonds is 4. The third kappa shape index (κ3) is 3.11. The van der Waals surface area contributed by atoms with Crippen molar-refractivity contribution in [3.05, 3.63) is 58.1 Å². The number of nitrogens with one attached hydrogen (secondary N) is 1. The minimum atomic E-state index is -4.10. The van der Waals surface area contributed by atoms with Crippen molar-refractivity contribution in [3.8, 4) is 0 Å². The molecular weight excluding hydrogens is 294 g/mol. The smallest absolute Gasteiger partial charge is 0.312 e. The van der Waals surface area contributed by atoms with Gasteiger partial charge in [0.2, 0.25) is 0 Å². The van der Waals surface area contributed by atoms with Crippen molar-refractivity contribution >= 4 is 27.1 Å². The lowest BCUT2D eigenvalue weighted by atomic mass is 10.2. The van der Waals surface area contributed by atoms with Crippen molar-refractivity contribution < 1.29 is 13.3 Å². The van der Waals surface area contributed by atoms with Gasteiger partial charge in [-0.05, 0) is 36.8 Å². The third-order valence-corrected chi connectivity index (χ3v) is 4.19. The van der Waals surface area contributed by atoms with Crippen LogP contribution in [0.5, 0.6) is 0 Å². The van der Waals surface area contributed by atoms with Gasteiger partial charge in [-0.2, -0.15) is 0 Å². The molecule has 0 fully saturated rings. The summed E-state index contributed by atoms with van der Waals surface area (Å²) in [5, 5.41) is 11.0.